The van der Waals surface area contributed by atoms with E-state index in [0.29, 0.717) is 6.61 Å². The number of hydrogen-bond acceptors (Lipinski definition) is 3. The van der Waals surface area contributed by atoms with Crippen molar-refractivity contribution in [1.82, 2.24) is 9.88 Å². The van der Waals surface area contributed by atoms with Gasteiger partial charge in [0.1, 0.15) is 0 Å². The van der Waals surface area contributed by atoms with Gasteiger partial charge in [0.25, 0.3) is 0 Å². The van der Waals surface area contributed by atoms with Gasteiger partial charge >= 0.3 is 5.97 Å². The highest BCUT2D eigenvalue weighted by Gasteiger charge is 2.15. The number of carbonyl (C=O) groups is 1. The maximum Gasteiger partial charge on any atom is 0.302 e. The van der Waals surface area contributed by atoms with Crippen molar-refractivity contribution in [1.29, 1.82) is 0 Å². The van der Waals surface area contributed by atoms with Crippen LogP contribution in [0.3, 0.4) is 0 Å². The Hall–Kier alpha value is -1.81. The fourth-order valence-electron chi connectivity index (χ4n) is 3.16. The van der Waals surface area contributed by atoms with E-state index in [1.54, 1.807) is 6.92 Å². The first-order chi connectivity index (χ1) is 11.0. The predicted octanol–water partition coefficient (Wildman–Crippen LogP) is 3.48. The third kappa shape index (κ3) is 4.35. The molecule has 0 radical (unpaired) electrons. The maximum absolute atomic E-state index is 9.82. The summed E-state index contributed by atoms with van der Waals surface area (Å²) in [4.78, 5) is 9.82. The fourth-order valence-corrected chi connectivity index (χ4v) is 3.16. The van der Waals surface area contributed by atoms with Crippen LogP contribution in [0, 0.1) is 6.92 Å². The molecule has 0 saturated carbocycles. The first-order valence-electron chi connectivity index (χ1n) is 8.45. The number of esters is 1. The summed E-state index contributed by atoms with van der Waals surface area (Å²) in [6.07, 6.45) is 3.81. The molecule has 0 aliphatic carbocycles. The number of benzene rings is 1. The molecule has 4 nitrogen and oxygen atoms in total. The van der Waals surface area contributed by atoms with Crippen LogP contribution in [-0.4, -0.2) is 23.7 Å². The molecule has 0 atom stereocenters. The molecule has 1 aliphatic heterocycles. The van der Waals surface area contributed by atoms with Gasteiger partial charge in [-0.3, -0.25) is 4.79 Å². The van der Waals surface area contributed by atoms with Crippen LogP contribution in [0.1, 0.15) is 43.5 Å². The van der Waals surface area contributed by atoms with E-state index in [9.17, 15) is 4.79 Å². The molecule has 0 bridgehead atoms. The van der Waals surface area contributed by atoms with Crippen molar-refractivity contribution in [2.24, 2.45) is 7.05 Å². The number of aryl methyl sites for hydroxylation is 2. The van der Waals surface area contributed by atoms with Gasteiger partial charge in [0, 0.05) is 37.1 Å². The van der Waals surface area contributed by atoms with Gasteiger partial charge in [0.2, 0.25) is 0 Å². The third-order valence-corrected chi connectivity index (χ3v) is 4.26. The largest absolute Gasteiger partial charge is 0.466 e. The molecular formula is C19H28N2O2. The lowest BCUT2D eigenvalue weighted by Gasteiger charge is -2.13. The van der Waals surface area contributed by atoms with Crippen molar-refractivity contribution in [3.63, 3.8) is 0 Å². The molecule has 1 N–H and O–H groups in total. The van der Waals surface area contributed by atoms with Crippen molar-refractivity contribution in [3.05, 3.63) is 35.0 Å². The number of fused-ring (bicyclic) bond motifs is 3. The molecule has 1 aromatic carbocycles. The molecule has 1 aromatic heterocycles. The summed E-state index contributed by atoms with van der Waals surface area (Å²) in [6, 6.07) is 6.80. The van der Waals surface area contributed by atoms with E-state index in [1.165, 1.54) is 53.9 Å². The second kappa shape index (κ2) is 8.16. The van der Waals surface area contributed by atoms with Gasteiger partial charge in [-0.2, -0.15) is 0 Å². The summed E-state index contributed by atoms with van der Waals surface area (Å²) in [7, 11) is 2.21. The van der Waals surface area contributed by atoms with E-state index in [0.717, 1.165) is 13.1 Å². The fraction of sp³-hybridized carbons (Fsp3) is 0.526. The van der Waals surface area contributed by atoms with E-state index in [1.807, 2.05) is 0 Å². The number of aromatic nitrogens is 1. The number of nitrogens with zero attached hydrogens (tertiary/aromatic N) is 1. The number of hydrogen-bond donors (Lipinski definition) is 1. The third-order valence-electron chi connectivity index (χ3n) is 4.26. The van der Waals surface area contributed by atoms with Crippen molar-refractivity contribution in [3.8, 4) is 0 Å². The van der Waals surface area contributed by atoms with Crippen LogP contribution in [0.4, 0.5) is 0 Å². The quantitative estimate of drug-likeness (QED) is 0.819. The van der Waals surface area contributed by atoms with Crippen LogP contribution < -0.4 is 5.32 Å². The summed E-state index contributed by atoms with van der Waals surface area (Å²) in [5, 5.41) is 5.00. The lowest BCUT2D eigenvalue weighted by Crippen LogP contribution is -2.18. The Labute approximate surface area is 138 Å². The zero-order valence-corrected chi connectivity index (χ0v) is 14.7. The number of rotatable bonds is 1. The van der Waals surface area contributed by atoms with Crippen molar-refractivity contribution in [2.45, 2.75) is 46.6 Å². The minimum Gasteiger partial charge on any atom is -0.466 e. The Kier molecular flexibility index (Phi) is 6.22. The van der Waals surface area contributed by atoms with Gasteiger partial charge in [-0.1, -0.05) is 11.6 Å². The second-order valence-corrected chi connectivity index (χ2v) is 6.06. The topological polar surface area (TPSA) is 43.3 Å². The standard InChI is InChI=1S/C15H20N2.C4H8O2/c1-11-6-7-15-12(9-11)13-10-16-8-4-3-5-14(13)17(15)2;1-3-6-4(2)5/h6-7,9,16H,3-5,8,10H2,1-2H3;3H2,1-2H3. The first-order valence-corrected chi connectivity index (χ1v) is 8.45. The van der Waals surface area contributed by atoms with Crippen LogP contribution in [-0.2, 0) is 29.5 Å². The second-order valence-electron chi connectivity index (χ2n) is 6.06. The molecular weight excluding hydrogens is 288 g/mol. The zero-order valence-electron chi connectivity index (χ0n) is 14.7. The predicted molar refractivity (Wildman–Crippen MR) is 94.6 cm³/mol. The molecule has 4 heteroatoms. The summed E-state index contributed by atoms with van der Waals surface area (Å²) in [6.45, 7) is 8.01. The number of ether oxygens (including phenoxy) is 1. The number of carbonyl (C=O) groups excluding carboxylic acids is 1. The monoisotopic (exact) mass is 316 g/mol. The Balaban J connectivity index is 0.000000277. The average Bonchev–Trinajstić information content (AvgIpc) is 2.70. The Morgan fingerprint density at radius 2 is 2.13 bits per heavy atom. The van der Waals surface area contributed by atoms with E-state index >= 15 is 0 Å². The van der Waals surface area contributed by atoms with Crippen molar-refractivity contribution >= 4 is 16.9 Å². The van der Waals surface area contributed by atoms with Crippen LogP contribution in [0.15, 0.2) is 18.2 Å². The van der Waals surface area contributed by atoms with Crippen molar-refractivity contribution < 1.29 is 9.53 Å². The normalized spacial score (nSPS) is 14.3. The van der Waals surface area contributed by atoms with E-state index in [2.05, 4.69) is 46.8 Å². The smallest absolute Gasteiger partial charge is 0.302 e. The summed E-state index contributed by atoms with van der Waals surface area (Å²) in [5.74, 6) is -0.211. The Bertz CT molecular complexity index is 674. The molecule has 23 heavy (non-hydrogen) atoms. The van der Waals surface area contributed by atoms with Crippen LogP contribution in [0.25, 0.3) is 10.9 Å². The summed E-state index contributed by atoms with van der Waals surface area (Å²) in [5.41, 5.74) is 5.78. The van der Waals surface area contributed by atoms with Gasteiger partial charge in [-0.05, 0) is 57.4 Å². The van der Waals surface area contributed by atoms with E-state index in [-0.39, 0.29) is 5.97 Å². The van der Waals surface area contributed by atoms with Gasteiger partial charge in [0.05, 0.1) is 6.61 Å². The highest BCUT2D eigenvalue weighted by atomic mass is 16.5. The molecule has 126 valence electrons. The van der Waals surface area contributed by atoms with Gasteiger partial charge in [0.15, 0.2) is 0 Å². The van der Waals surface area contributed by atoms with Crippen LogP contribution >= 0.6 is 0 Å². The molecule has 0 amide bonds. The minimum absolute atomic E-state index is 0.211. The first kappa shape index (κ1) is 17.5. The van der Waals surface area contributed by atoms with E-state index < -0.39 is 0 Å². The Morgan fingerprint density at radius 3 is 2.78 bits per heavy atom. The molecule has 3 rings (SSSR count). The van der Waals surface area contributed by atoms with E-state index in [4.69, 9.17) is 0 Å². The minimum atomic E-state index is -0.211. The summed E-state index contributed by atoms with van der Waals surface area (Å²) < 4.78 is 6.79. The van der Waals surface area contributed by atoms with Gasteiger partial charge < -0.3 is 14.6 Å². The average molecular weight is 316 g/mol. The summed E-state index contributed by atoms with van der Waals surface area (Å²) >= 11 is 0. The van der Waals surface area contributed by atoms with Gasteiger partial charge in [-0.15, -0.1) is 0 Å². The molecule has 0 fully saturated rings. The zero-order chi connectivity index (χ0) is 16.8. The highest BCUT2D eigenvalue weighted by molar-refractivity contribution is 5.86. The maximum atomic E-state index is 9.82. The molecule has 0 unspecified atom stereocenters. The highest BCUT2D eigenvalue weighted by Crippen LogP contribution is 2.28. The van der Waals surface area contributed by atoms with Gasteiger partial charge in [-0.25, -0.2) is 0 Å². The SMILES string of the molecule is CCOC(C)=O.Cc1ccc2c(c1)c1c(n2C)CCCCNC1. The number of nitrogens with one attached hydrogen (secondary N) is 1. The van der Waals surface area contributed by atoms with Crippen LogP contribution in [0.2, 0.25) is 0 Å². The molecule has 1 aliphatic rings. The lowest BCUT2D eigenvalue weighted by molar-refractivity contribution is -0.140. The molecule has 0 spiro atoms. The molecule has 2 aromatic rings. The lowest BCUT2D eigenvalue weighted by atomic mass is 10.0. The van der Waals surface area contributed by atoms with Crippen molar-refractivity contribution in [2.75, 3.05) is 13.2 Å². The molecule has 0 saturated heterocycles. The molecule has 2 heterocycles. The van der Waals surface area contributed by atoms with Crippen LogP contribution in [0.5, 0.6) is 0 Å². The Morgan fingerprint density at radius 1 is 1.35 bits per heavy atom.